The van der Waals surface area contributed by atoms with E-state index in [1.54, 1.807) is 7.11 Å². The number of anilines is 1. The van der Waals surface area contributed by atoms with Crippen molar-refractivity contribution in [2.45, 2.75) is 44.1 Å². The Kier molecular flexibility index (Phi) is 4.15. The smallest absolute Gasteiger partial charge is 0.233 e. The molecule has 3 aliphatic rings. The number of rotatable bonds is 5. The van der Waals surface area contributed by atoms with Crippen LogP contribution in [0.15, 0.2) is 24.3 Å². The normalized spacial score (nSPS) is 19.4. The SMILES string of the molecule is COc1ccc(C2(C(=O)N3CCc4c(c(NC(=O)C5CC5)nn4C)C3)CC2)cc1. The fraction of sp³-hybridized carbons (Fsp3) is 0.500. The summed E-state index contributed by atoms with van der Waals surface area (Å²) in [6, 6.07) is 7.85. The van der Waals surface area contributed by atoms with Crippen molar-refractivity contribution in [1.29, 1.82) is 0 Å². The van der Waals surface area contributed by atoms with Crippen LogP contribution >= 0.6 is 0 Å². The largest absolute Gasteiger partial charge is 0.497 e. The van der Waals surface area contributed by atoms with Gasteiger partial charge in [0.1, 0.15) is 5.75 Å². The van der Waals surface area contributed by atoms with Gasteiger partial charge >= 0.3 is 0 Å². The first-order chi connectivity index (χ1) is 14.0. The van der Waals surface area contributed by atoms with E-state index >= 15 is 0 Å². The lowest BCUT2D eigenvalue weighted by Gasteiger charge is -2.31. The monoisotopic (exact) mass is 394 g/mol. The predicted octanol–water partition coefficient (Wildman–Crippen LogP) is 2.39. The van der Waals surface area contributed by atoms with E-state index in [0.29, 0.717) is 18.9 Å². The molecule has 7 heteroatoms. The molecule has 0 spiro atoms. The van der Waals surface area contributed by atoms with Crippen LogP contribution in [-0.2, 0) is 35.0 Å². The van der Waals surface area contributed by atoms with Crippen LogP contribution in [0.1, 0.15) is 42.5 Å². The molecule has 1 N–H and O–H groups in total. The highest BCUT2D eigenvalue weighted by Crippen LogP contribution is 2.50. The van der Waals surface area contributed by atoms with Gasteiger partial charge in [-0.2, -0.15) is 5.10 Å². The van der Waals surface area contributed by atoms with E-state index in [0.717, 1.165) is 54.7 Å². The van der Waals surface area contributed by atoms with Crippen molar-refractivity contribution < 1.29 is 14.3 Å². The van der Waals surface area contributed by atoms with Crippen LogP contribution in [0.5, 0.6) is 5.75 Å². The summed E-state index contributed by atoms with van der Waals surface area (Å²) >= 11 is 0. The molecule has 0 bridgehead atoms. The average molecular weight is 394 g/mol. The highest BCUT2D eigenvalue weighted by molar-refractivity contribution is 5.94. The Morgan fingerprint density at radius 1 is 1.21 bits per heavy atom. The van der Waals surface area contributed by atoms with E-state index in [4.69, 9.17) is 4.74 Å². The van der Waals surface area contributed by atoms with E-state index < -0.39 is 5.41 Å². The number of carbonyl (C=O) groups is 2. The summed E-state index contributed by atoms with van der Waals surface area (Å²) < 4.78 is 7.09. The molecule has 0 unspecified atom stereocenters. The maximum Gasteiger partial charge on any atom is 0.233 e. The van der Waals surface area contributed by atoms with Crippen molar-refractivity contribution in [3.8, 4) is 5.75 Å². The summed E-state index contributed by atoms with van der Waals surface area (Å²) in [6.45, 7) is 1.18. The third-order valence-electron chi connectivity index (χ3n) is 6.52. The Morgan fingerprint density at radius 2 is 1.93 bits per heavy atom. The number of ether oxygens (including phenoxy) is 1. The van der Waals surface area contributed by atoms with Crippen LogP contribution < -0.4 is 10.1 Å². The molecular formula is C22H26N4O3. The van der Waals surface area contributed by atoms with Gasteiger partial charge in [-0.15, -0.1) is 0 Å². The molecule has 152 valence electrons. The average Bonchev–Trinajstić information content (AvgIpc) is 3.66. The number of amides is 2. The van der Waals surface area contributed by atoms with Gasteiger partial charge in [-0.1, -0.05) is 12.1 Å². The summed E-state index contributed by atoms with van der Waals surface area (Å²) in [5.74, 6) is 1.76. The van der Waals surface area contributed by atoms with Crippen LogP contribution in [0.25, 0.3) is 0 Å². The molecule has 2 fully saturated rings. The van der Waals surface area contributed by atoms with Crippen LogP contribution in [0.2, 0.25) is 0 Å². The number of nitrogens with one attached hydrogen (secondary N) is 1. The Morgan fingerprint density at radius 3 is 2.55 bits per heavy atom. The minimum atomic E-state index is -0.413. The fourth-order valence-corrected chi connectivity index (χ4v) is 4.39. The third-order valence-corrected chi connectivity index (χ3v) is 6.52. The van der Waals surface area contributed by atoms with Crippen molar-refractivity contribution in [2.24, 2.45) is 13.0 Å². The topological polar surface area (TPSA) is 76.5 Å². The van der Waals surface area contributed by atoms with Gasteiger partial charge in [0.25, 0.3) is 0 Å². The maximum absolute atomic E-state index is 13.5. The number of hydrogen-bond acceptors (Lipinski definition) is 4. The summed E-state index contributed by atoms with van der Waals surface area (Å²) in [7, 11) is 3.55. The van der Waals surface area contributed by atoms with Crippen LogP contribution in [-0.4, -0.2) is 40.1 Å². The molecule has 0 atom stereocenters. The Hall–Kier alpha value is -2.83. The van der Waals surface area contributed by atoms with Crippen molar-refractivity contribution >= 4 is 17.6 Å². The van der Waals surface area contributed by atoms with Crippen LogP contribution in [0.3, 0.4) is 0 Å². The number of methoxy groups -OCH3 is 1. The van der Waals surface area contributed by atoms with Gasteiger partial charge in [0.15, 0.2) is 5.82 Å². The summed E-state index contributed by atoms with van der Waals surface area (Å²) in [4.78, 5) is 27.7. The fourth-order valence-electron chi connectivity index (χ4n) is 4.39. The molecule has 0 saturated heterocycles. The number of benzene rings is 1. The summed E-state index contributed by atoms with van der Waals surface area (Å²) in [5, 5.41) is 7.51. The van der Waals surface area contributed by atoms with E-state index in [2.05, 4.69) is 10.4 Å². The Balaban J connectivity index is 1.37. The molecular weight excluding hydrogens is 368 g/mol. The number of hydrogen-bond donors (Lipinski definition) is 1. The van der Waals surface area contributed by atoms with Gasteiger partial charge in [0.05, 0.1) is 19.1 Å². The Labute approximate surface area is 170 Å². The number of aromatic nitrogens is 2. The lowest BCUT2D eigenvalue weighted by Crippen LogP contribution is -2.42. The molecule has 2 saturated carbocycles. The minimum absolute atomic E-state index is 0.0475. The van der Waals surface area contributed by atoms with Crippen LogP contribution in [0.4, 0.5) is 5.82 Å². The van der Waals surface area contributed by atoms with E-state index in [-0.39, 0.29) is 17.7 Å². The molecule has 7 nitrogen and oxygen atoms in total. The third kappa shape index (κ3) is 3.09. The van der Waals surface area contributed by atoms with Crippen molar-refractivity contribution in [2.75, 3.05) is 19.0 Å². The first kappa shape index (κ1) is 18.2. The molecule has 2 heterocycles. The van der Waals surface area contributed by atoms with E-state index in [9.17, 15) is 9.59 Å². The second-order valence-corrected chi connectivity index (χ2v) is 8.45. The van der Waals surface area contributed by atoms with Crippen molar-refractivity contribution in [3.05, 3.63) is 41.1 Å². The molecule has 5 rings (SSSR count). The quantitative estimate of drug-likeness (QED) is 0.845. The van der Waals surface area contributed by atoms with Gasteiger partial charge in [-0.05, 0) is 43.4 Å². The van der Waals surface area contributed by atoms with Crippen LogP contribution in [0, 0.1) is 5.92 Å². The molecule has 1 aromatic carbocycles. The lowest BCUT2D eigenvalue weighted by molar-refractivity contribution is -0.135. The van der Waals surface area contributed by atoms with Gasteiger partial charge in [-0.3, -0.25) is 14.3 Å². The zero-order chi connectivity index (χ0) is 20.2. The highest BCUT2D eigenvalue weighted by Gasteiger charge is 2.53. The molecule has 1 aliphatic heterocycles. The zero-order valence-electron chi connectivity index (χ0n) is 16.9. The molecule has 2 aliphatic carbocycles. The van der Waals surface area contributed by atoms with Crippen molar-refractivity contribution in [1.82, 2.24) is 14.7 Å². The Bertz CT molecular complexity index is 971. The maximum atomic E-state index is 13.5. The van der Waals surface area contributed by atoms with E-state index in [1.807, 2.05) is 40.9 Å². The van der Waals surface area contributed by atoms with Gasteiger partial charge in [0, 0.05) is 37.2 Å². The number of carbonyl (C=O) groups excluding carboxylic acids is 2. The van der Waals surface area contributed by atoms with Crippen molar-refractivity contribution in [3.63, 3.8) is 0 Å². The summed E-state index contributed by atoms with van der Waals surface area (Å²) in [5.41, 5.74) is 2.73. The second-order valence-electron chi connectivity index (χ2n) is 8.45. The highest BCUT2D eigenvalue weighted by atomic mass is 16.5. The molecule has 2 aromatic rings. The molecule has 2 amide bonds. The number of fused-ring (bicyclic) bond motifs is 1. The number of aryl methyl sites for hydroxylation is 1. The predicted molar refractivity (Wildman–Crippen MR) is 108 cm³/mol. The molecule has 1 aromatic heterocycles. The van der Waals surface area contributed by atoms with Gasteiger partial charge in [0.2, 0.25) is 11.8 Å². The lowest BCUT2D eigenvalue weighted by atomic mass is 9.93. The first-order valence-electron chi connectivity index (χ1n) is 10.3. The minimum Gasteiger partial charge on any atom is -0.497 e. The molecule has 0 radical (unpaired) electrons. The van der Waals surface area contributed by atoms with Gasteiger partial charge < -0.3 is 15.0 Å². The van der Waals surface area contributed by atoms with Gasteiger partial charge in [-0.25, -0.2) is 0 Å². The molecule has 29 heavy (non-hydrogen) atoms. The standard InChI is InChI=1S/C22H26N4O3/c1-25-18-9-12-26(13-17(18)19(24-25)23-20(27)14-3-4-14)21(28)22(10-11-22)15-5-7-16(29-2)8-6-15/h5-8,14H,3-4,9-13H2,1-2H3,(H,23,24,27). The summed E-state index contributed by atoms with van der Waals surface area (Å²) in [6.07, 6.45) is 4.41. The van der Waals surface area contributed by atoms with E-state index in [1.165, 1.54) is 0 Å². The second kappa shape index (κ2) is 6.61. The zero-order valence-corrected chi connectivity index (χ0v) is 16.9. The number of nitrogens with zero attached hydrogens (tertiary/aromatic N) is 3. The first-order valence-corrected chi connectivity index (χ1v) is 10.3.